The Bertz CT molecular complexity index is 1280. The Morgan fingerprint density at radius 1 is 1.26 bits per heavy atom. The van der Waals surface area contributed by atoms with Crippen LogP contribution in [0.3, 0.4) is 0 Å². The highest BCUT2D eigenvalue weighted by molar-refractivity contribution is 6.33. The molecule has 9 heteroatoms. The molecule has 5 rings (SSSR count). The Morgan fingerprint density at radius 2 is 2.09 bits per heavy atom. The van der Waals surface area contributed by atoms with Crippen LogP contribution in [0.2, 0.25) is 5.02 Å². The fourth-order valence-electron chi connectivity index (χ4n) is 4.40. The van der Waals surface area contributed by atoms with Crippen LogP contribution >= 0.6 is 11.6 Å². The fourth-order valence-corrected chi connectivity index (χ4v) is 4.66. The number of fused-ring (bicyclic) bond motifs is 2. The number of ether oxygens (including phenoxy) is 1. The topological polar surface area (TPSA) is 79.4 Å². The molecule has 2 N–H and O–H groups in total. The van der Waals surface area contributed by atoms with Crippen LogP contribution < -0.4 is 20.3 Å². The number of aromatic nitrogens is 2. The molecule has 3 heterocycles. The third-order valence-corrected chi connectivity index (χ3v) is 6.33. The van der Waals surface area contributed by atoms with E-state index in [-0.39, 0.29) is 28.6 Å². The molecular weight excluding hydrogens is 457 g/mol. The minimum Gasteiger partial charge on any atom is -0.477 e. The molecule has 1 unspecified atom stereocenters. The van der Waals surface area contributed by atoms with Gasteiger partial charge in [0.15, 0.2) is 17.7 Å². The van der Waals surface area contributed by atoms with Gasteiger partial charge in [-0.3, -0.25) is 4.79 Å². The zero-order valence-electron chi connectivity index (χ0n) is 19.2. The molecule has 0 aliphatic carbocycles. The van der Waals surface area contributed by atoms with Crippen molar-refractivity contribution in [1.29, 1.82) is 0 Å². The third kappa shape index (κ3) is 4.08. The van der Waals surface area contributed by atoms with Crippen LogP contribution in [0.15, 0.2) is 36.5 Å². The van der Waals surface area contributed by atoms with Gasteiger partial charge in [0.1, 0.15) is 5.69 Å². The van der Waals surface area contributed by atoms with Gasteiger partial charge in [0, 0.05) is 23.8 Å². The summed E-state index contributed by atoms with van der Waals surface area (Å²) in [5.41, 5.74) is 4.36. The van der Waals surface area contributed by atoms with Crippen LogP contribution in [0.25, 0.3) is 11.3 Å². The maximum absolute atomic E-state index is 14.9. The molecule has 1 amide bonds. The molecule has 176 valence electrons. The molecule has 1 atom stereocenters. The van der Waals surface area contributed by atoms with Gasteiger partial charge in [-0.25, -0.2) is 14.4 Å². The fraction of sp³-hybridized carbons (Fsp3) is 0.320. The summed E-state index contributed by atoms with van der Waals surface area (Å²) >= 11 is 6.52. The molecule has 2 aromatic carbocycles. The van der Waals surface area contributed by atoms with Crippen molar-refractivity contribution in [1.82, 2.24) is 15.3 Å². The number of nitrogens with one attached hydrogen (secondary N) is 2. The van der Waals surface area contributed by atoms with Crippen molar-refractivity contribution in [2.45, 2.75) is 45.9 Å². The highest BCUT2D eigenvalue weighted by atomic mass is 35.5. The van der Waals surface area contributed by atoms with E-state index in [1.54, 1.807) is 24.0 Å². The predicted octanol–water partition coefficient (Wildman–Crippen LogP) is 4.85. The Hall–Kier alpha value is -3.23. The largest absolute Gasteiger partial charge is 0.477 e. The minimum absolute atomic E-state index is 0.0802. The third-order valence-electron chi connectivity index (χ3n) is 6.05. The van der Waals surface area contributed by atoms with E-state index in [1.165, 1.54) is 11.1 Å². The molecule has 0 bridgehead atoms. The Labute approximate surface area is 202 Å². The standard InChI is InChI=1S/C25H25ClFN5O2/c1-13(2)32-21-10-16(9-19(26)23(21)34-14(3)24(32)33)22-20(27)12-29-25(31-22)30-18-5-4-15-6-7-28-11-17(15)8-18/h4-5,8-10,12-14,28H,6-7,11H2,1-3H3,(H,29,30,31). The number of anilines is 3. The summed E-state index contributed by atoms with van der Waals surface area (Å²) in [5, 5.41) is 6.81. The number of carbonyl (C=O) groups is 1. The molecule has 0 saturated carbocycles. The van der Waals surface area contributed by atoms with Crippen LogP contribution in [-0.2, 0) is 17.8 Å². The van der Waals surface area contributed by atoms with Crippen molar-refractivity contribution >= 4 is 34.8 Å². The molecule has 3 aromatic rings. The first-order valence-electron chi connectivity index (χ1n) is 11.3. The second-order valence-electron chi connectivity index (χ2n) is 8.79. The molecule has 0 fully saturated rings. The van der Waals surface area contributed by atoms with E-state index >= 15 is 0 Å². The first-order valence-corrected chi connectivity index (χ1v) is 11.7. The van der Waals surface area contributed by atoms with E-state index in [2.05, 4.69) is 26.7 Å². The number of benzene rings is 2. The monoisotopic (exact) mass is 481 g/mol. The second kappa shape index (κ2) is 8.85. The average Bonchev–Trinajstić information content (AvgIpc) is 2.81. The molecule has 0 saturated heterocycles. The molecule has 2 aliphatic rings. The first kappa shape index (κ1) is 22.6. The Morgan fingerprint density at radius 3 is 2.88 bits per heavy atom. The van der Waals surface area contributed by atoms with E-state index in [9.17, 15) is 9.18 Å². The van der Waals surface area contributed by atoms with Crippen molar-refractivity contribution < 1.29 is 13.9 Å². The number of carbonyl (C=O) groups excluding carboxylic acids is 1. The van der Waals surface area contributed by atoms with Gasteiger partial charge >= 0.3 is 0 Å². The van der Waals surface area contributed by atoms with E-state index in [4.69, 9.17) is 16.3 Å². The van der Waals surface area contributed by atoms with Crippen LogP contribution in [0.5, 0.6) is 5.75 Å². The summed E-state index contributed by atoms with van der Waals surface area (Å²) < 4.78 is 20.6. The van der Waals surface area contributed by atoms with E-state index < -0.39 is 11.9 Å². The molecule has 7 nitrogen and oxygen atoms in total. The molecule has 1 aromatic heterocycles. The van der Waals surface area contributed by atoms with E-state index in [0.717, 1.165) is 31.4 Å². The summed E-state index contributed by atoms with van der Waals surface area (Å²) in [7, 11) is 0. The number of rotatable bonds is 4. The van der Waals surface area contributed by atoms with Crippen LogP contribution in [-0.4, -0.2) is 34.6 Å². The van der Waals surface area contributed by atoms with Gasteiger partial charge in [-0.15, -0.1) is 0 Å². The number of amides is 1. The van der Waals surface area contributed by atoms with Gasteiger partial charge in [-0.05, 0) is 69.1 Å². The maximum Gasteiger partial charge on any atom is 0.268 e. The molecule has 2 aliphatic heterocycles. The molecule has 0 spiro atoms. The minimum atomic E-state index is -0.656. The quantitative estimate of drug-likeness (QED) is 0.554. The number of nitrogens with zero attached hydrogens (tertiary/aromatic N) is 3. The second-order valence-corrected chi connectivity index (χ2v) is 9.20. The average molecular weight is 482 g/mol. The first-order chi connectivity index (χ1) is 16.3. The highest BCUT2D eigenvalue weighted by Crippen LogP contribution is 2.44. The Balaban J connectivity index is 1.52. The van der Waals surface area contributed by atoms with Crippen molar-refractivity contribution in [3.05, 3.63) is 58.5 Å². The lowest BCUT2D eigenvalue weighted by Crippen LogP contribution is -2.48. The van der Waals surface area contributed by atoms with Gasteiger partial charge in [0.2, 0.25) is 5.95 Å². The number of halogens is 2. The summed E-state index contributed by atoms with van der Waals surface area (Å²) in [6.07, 6.45) is 1.46. The van der Waals surface area contributed by atoms with E-state index in [0.29, 0.717) is 17.0 Å². The van der Waals surface area contributed by atoms with Crippen LogP contribution in [0, 0.1) is 5.82 Å². The van der Waals surface area contributed by atoms with Gasteiger partial charge < -0.3 is 20.3 Å². The summed E-state index contributed by atoms with van der Waals surface area (Å²) in [6.45, 7) is 7.27. The number of hydrogen-bond acceptors (Lipinski definition) is 6. The van der Waals surface area contributed by atoms with Crippen molar-refractivity contribution in [3.8, 4) is 17.0 Å². The predicted molar refractivity (Wildman–Crippen MR) is 130 cm³/mol. The van der Waals surface area contributed by atoms with E-state index in [1.807, 2.05) is 26.0 Å². The lowest BCUT2D eigenvalue weighted by molar-refractivity contribution is -0.125. The SMILES string of the molecule is CC1Oc2c(Cl)cc(-c3nc(Nc4ccc5c(c4)CNCC5)ncc3F)cc2N(C(C)C)C1=O. The molecule has 0 radical (unpaired) electrons. The number of hydrogen-bond donors (Lipinski definition) is 2. The normalized spacial score (nSPS) is 17.3. The smallest absolute Gasteiger partial charge is 0.268 e. The van der Waals surface area contributed by atoms with Gasteiger partial charge in [-0.2, -0.15) is 0 Å². The maximum atomic E-state index is 14.9. The van der Waals surface area contributed by atoms with Crippen molar-refractivity contribution in [2.24, 2.45) is 0 Å². The lowest BCUT2D eigenvalue weighted by atomic mass is 10.0. The zero-order valence-corrected chi connectivity index (χ0v) is 19.9. The summed E-state index contributed by atoms with van der Waals surface area (Å²) in [4.78, 5) is 22.9. The summed E-state index contributed by atoms with van der Waals surface area (Å²) in [5.74, 6) is -0.107. The Kier molecular flexibility index (Phi) is 5.87. The van der Waals surface area contributed by atoms with Crippen LogP contribution in [0.1, 0.15) is 31.9 Å². The lowest BCUT2D eigenvalue weighted by Gasteiger charge is -2.36. The molecule has 34 heavy (non-hydrogen) atoms. The summed E-state index contributed by atoms with van der Waals surface area (Å²) in [6, 6.07) is 9.26. The van der Waals surface area contributed by atoms with Crippen molar-refractivity contribution in [3.63, 3.8) is 0 Å². The molecular formula is C25H25ClFN5O2. The highest BCUT2D eigenvalue weighted by Gasteiger charge is 2.35. The van der Waals surface area contributed by atoms with Crippen LogP contribution in [0.4, 0.5) is 21.7 Å². The van der Waals surface area contributed by atoms with Gasteiger partial charge in [0.25, 0.3) is 5.91 Å². The van der Waals surface area contributed by atoms with Gasteiger partial charge in [-0.1, -0.05) is 17.7 Å². The van der Waals surface area contributed by atoms with Crippen molar-refractivity contribution in [2.75, 3.05) is 16.8 Å². The zero-order chi connectivity index (χ0) is 24.0. The van der Waals surface area contributed by atoms with Gasteiger partial charge in [0.05, 0.1) is 16.9 Å².